The number of nitrogens with zero attached hydrogens (tertiary/aromatic N) is 1. The summed E-state index contributed by atoms with van der Waals surface area (Å²) in [5.74, 6) is 0.179. The smallest absolute Gasteiger partial charge is 0.220 e. The average molecular weight is 249 g/mol. The van der Waals surface area contributed by atoms with Gasteiger partial charge < -0.3 is 5.32 Å². The minimum atomic E-state index is 0.179. The maximum atomic E-state index is 11.9. The fourth-order valence-corrected chi connectivity index (χ4v) is 2.32. The van der Waals surface area contributed by atoms with Crippen molar-refractivity contribution in [3.63, 3.8) is 0 Å². The summed E-state index contributed by atoms with van der Waals surface area (Å²) in [4.78, 5) is 11.9. The Bertz CT molecular complexity index is 417. The highest BCUT2D eigenvalue weighted by atomic mass is 16.1. The Labute approximate surface area is 109 Å². The van der Waals surface area contributed by atoms with E-state index in [2.05, 4.69) is 36.3 Å². The van der Waals surface area contributed by atoms with Gasteiger partial charge in [0.2, 0.25) is 5.91 Å². The first-order chi connectivity index (χ1) is 8.44. The summed E-state index contributed by atoms with van der Waals surface area (Å²) in [6.07, 6.45) is 6.37. The zero-order valence-corrected chi connectivity index (χ0v) is 11.5. The van der Waals surface area contributed by atoms with Crippen LogP contribution in [0.1, 0.15) is 51.3 Å². The molecular weight excluding hydrogens is 226 g/mol. The second-order valence-corrected chi connectivity index (χ2v) is 6.44. The molecule has 2 rings (SSSR count). The summed E-state index contributed by atoms with van der Waals surface area (Å²) < 4.78 is 0. The molecule has 100 valence electrons. The second kappa shape index (κ2) is 5.12. The molecule has 0 fully saturated rings. The SMILES string of the molecule is CC(C)(C)CCC(=O)NC1CCc2cn[nH]c2C1. The third-order valence-corrected chi connectivity index (χ3v) is 3.49. The van der Waals surface area contributed by atoms with Crippen molar-refractivity contribution in [1.29, 1.82) is 0 Å². The number of hydrogen-bond acceptors (Lipinski definition) is 2. The number of rotatable bonds is 3. The molecule has 1 aromatic rings. The van der Waals surface area contributed by atoms with E-state index in [4.69, 9.17) is 0 Å². The largest absolute Gasteiger partial charge is 0.353 e. The molecule has 0 aliphatic heterocycles. The van der Waals surface area contributed by atoms with E-state index in [0.29, 0.717) is 6.42 Å². The predicted octanol–water partition coefficient (Wildman–Crippen LogP) is 2.21. The fraction of sp³-hybridized carbons (Fsp3) is 0.714. The van der Waals surface area contributed by atoms with Crippen LogP contribution in [0.15, 0.2) is 6.20 Å². The monoisotopic (exact) mass is 249 g/mol. The lowest BCUT2D eigenvalue weighted by molar-refractivity contribution is -0.122. The van der Waals surface area contributed by atoms with Gasteiger partial charge >= 0.3 is 0 Å². The van der Waals surface area contributed by atoms with Crippen molar-refractivity contribution in [1.82, 2.24) is 15.5 Å². The standard InChI is InChI=1S/C14H23N3O/c1-14(2,3)7-6-13(18)16-11-5-4-10-9-15-17-12(10)8-11/h9,11H,4-8H2,1-3H3,(H,15,17)(H,16,18). The summed E-state index contributed by atoms with van der Waals surface area (Å²) in [5, 5.41) is 10.2. The maximum Gasteiger partial charge on any atom is 0.220 e. The summed E-state index contributed by atoms with van der Waals surface area (Å²) in [6, 6.07) is 0.269. The van der Waals surface area contributed by atoms with Crippen molar-refractivity contribution in [3.8, 4) is 0 Å². The Morgan fingerprint density at radius 1 is 1.56 bits per heavy atom. The van der Waals surface area contributed by atoms with Gasteiger partial charge in [-0.05, 0) is 30.2 Å². The van der Waals surface area contributed by atoms with E-state index in [9.17, 15) is 4.79 Å². The van der Waals surface area contributed by atoms with Crippen LogP contribution in [-0.2, 0) is 17.6 Å². The van der Waals surface area contributed by atoms with E-state index in [-0.39, 0.29) is 17.4 Å². The molecule has 0 aromatic carbocycles. The number of aryl methyl sites for hydroxylation is 1. The van der Waals surface area contributed by atoms with Crippen molar-refractivity contribution in [3.05, 3.63) is 17.5 Å². The highest BCUT2D eigenvalue weighted by Gasteiger charge is 2.22. The minimum Gasteiger partial charge on any atom is -0.353 e. The van der Waals surface area contributed by atoms with Crippen LogP contribution in [0.5, 0.6) is 0 Å². The third kappa shape index (κ3) is 3.59. The first kappa shape index (κ1) is 13.1. The zero-order chi connectivity index (χ0) is 13.2. The molecule has 1 aliphatic carbocycles. The molecule has 0 saturated heterocycles. The molecule has 2 N–H and O–H groups in total. The molecule has 1 atom stereocenters. The van der Waals surface area contributed by atoms with Gasteiger partial charge in [0.1, 0.15) is 0 Å². The molecule has 4 heteroatoms. The topological polar surface area (TPSA) is 57.8 Å². The Balaban J connectivity index is 1.79. The van der Waals surface area contributed by atoms with Gasteiger partial charge in [-0.1, -0.05) is 20.8 Å². The Kier molecular flexibility index (Phi) is 3.73. The summed E-state index contributed by atoms with van der Waals surface area (Å²) in [7, 11) is 0. The number of fused-ring (bicyclic) bond motifs is 1. The van der Waals surface area contributed by atoms with Gasteiger partial charge in [0.05, 0.1) is 6.20 Å². The van der Waals surface area contributed by atoms with E-state index in [0.717, 1.165) is 25.7 Å². The van der Waals surface area contributed by atoms with Crippen LogP contribution in [0.3, 0.4) is 0 Å². The summed E-state index contributed by atoms with van der Waals surface area (Å²) in [6.45, 7) is 6.49. The number of amides is 1. The fourth-order valence-electron chi connectivity index (χ4n) is 2.32. The first-order valence-electron chi connectivity index (χ1n) is 6.74. The lowest BCUT2D eigenvalue weighted by atomic mass is 9.90. The number of aromatic amines is 1. The molecule has 1 amide bonds. The van der Waals surface area contributed by atoms with Gasteiger partial charge in [0, 0.05) is 24.6 Å². The quantitative estimate of drug-likeness (QED) is 0.863. The Hall–Kier alpha value is -1.32. The number of hydrogen-bond donors (Lipinski definition) is 2. The van der Waals surface area contributed by atoms with E-state index in [1.165, 1.54) is 11.3 Å². The molecule has 0 radical (unpaired) electrons. The van der Waals surface area contributed by atoms with Crippen LogP contribution in [0.4, 0.5) is 0 Å². The highest BCUT2D eigenvalue weighted by molar-refractivity contribution is 5.76. The molecule has 1 aromatic heterocycles. The van der Waals surface area contributed by atoms with Crippen molar-refractivity contribution in [2.75, 3.05) is 0 Å². The number of carbonyl (C=O) groups is 1. The van der Waals surface area contributed by atoms with Gasteiger partial charge in [-0.3, -0.25) is 9.89 Å². The van der Waals surface area contributed by atoms with Crippen LogP contribution in [-0.4, -0.2) is 22.1 Å². The normalized spacial score (nSPS) is 19.4. The maximum absolute atomic E-state index is 11.9. The molecular formula is C14H23N3O. The third-order valence-electron chi connectivity index (χ3n) is 3.49. The Morgan fingerprint density at radius 3 is 3.06 bits per heavy atom. The van der Waals surface area contributed by atoms with Crippen molar-refractivity contribution in [2.24, 2.45) is 5.41 Å². The molecule has 18 heavy (non-hydrogen) atoms. The van der Waals surface area contributed by atoms with Gasteiger partial charge in [-0.15, -0.1) is 0 Å². The van der Waals surface area contributed by atoms with Crippen LogP contribution < -0.4 is 5.32 Å². The van der Waals surface area contributed by atoms with Crippen molar-refractivity contribution >= 4 is 5.91 Å². The molecule has 0 bridgehead atoms. The molecule has 1 aliphatic rings. The van der Waals surface area contributed by atoms with E-state index < -0.39 is 0 Å². The zero-order valence-electron chi connectivity index (χ0n) is 11.5. The molecule has 1 unspecified atom stereocenters. The summed E-state index contributed by atoms with van der Waals surface area (Å²) in [5.41, 5.74) is 2.71. The second-order valence-electron chi connectivity index (χ2n) is 6.44. The number of aromatic nitrogens is 2. The van der Waals surface area contributed by atoms with Gasteiger partial charge in [-0.25, -0.2) is 0 Å². The van der Waals surface area contributed by atoms with E-state index >= 15 is 0 Å². The average Bonchev–Trinajstić information content (AvgIpc) is 2.72. The van der Waals surface area contributed by atoms with E-state index in [1.54, 1.807) is 0 Å². The van der Waals surface area contributed by atoms with Gasteiger partial charge in [-0.2, -0.15) is 5.10 Å². The van der Waals surface area contributed by atoms with E-state index in [1.807, 2.05) is 6.20 Å². The van der Waals surface area contributed by atoms with Crippen molar-refractivity contribution < 1.29 is 4.79 Å². The van der Waals surface area contributed by atoms with Crippen LogP contribution in [0.25, 0.3) is 0 Å². The highest BCUT2D eigenvalue weighted by Crippen LogP contribution is 2.21. The summed E-state index contributed by atoms with van der Waals surface area (Å²) >= 11 is 0. The lowest BCUT2D eigenvalue weighted by Crippen LogP contribution is -2.39. The number of carbonyl (C=O) groups excluding carboxylic acids is 1. The molecule has 4 nitrogen and oxygen atoms in total. The lowest BCUT2D eigenvalue weighted by Gasteiger charge is -2.24. The van der Waals surface area contributed by atoms with Crippen LogP contribution in [0.2, 0.25) is 0 Å². The minimum absolute atomic E-state index is 0.179. The van der Waals surface area contributed by atoms with Gasteiger partial charge in [0.25, 0.3) is 0 Å². The van der Waals surface area contributed by atoms with Crippen LogP contribution >= 0.6 is 0 Å². The molecule has 1 heterocycles. The number of nitrogens with one attached hydrogen (secondary N) is 2. The van der Waals surface area contributed by atoms with Gasteiger partial charge in [0.15, 0.2) is 0 Å². The van der Waals surface area contributed by atoms with Crippen LogP contribution in [0, 0.1) is 5.41 Å². The van der Waals surface area contributed by atoms with Crippen molar-refractivity contribution in [2.45, 2.75) is 58.9 Å². The first-order valence-corrected chi connectivity index (χ1v) is 6.74. The molecule has 0 spiro atoms. The Morgan fingerprint density at radius 2 is 2.33 bits per heavy atom. The molecule has 0 saturated carbocycles. The predicted molar refractivity (Wildman–Crippen MR) is 71.2 cm³/mol. The number of H-pyrrole nitrogens is 1.